The zero-order valence-electron chi connectivity index (χ0n) is 17.4. The fourth-order valence-electron chi connectivity index (χ4n) is 3.77. The number of piperidine rings is 1. The van der Waals surface area contributed by atoms with Gasteiger partial charge in [0, 0.05) is 29.9 Å². The first-order valence-corrected chi connectivity index (χ1v) is 11.5. The molecule has 1 saturated heterocycles. The summed E-state index contributed by atoms with van der Waals surface area (Å²) in [7, 11) is 0. The molecule has 2 unspecified atom stereocenters. The number of hydrogen-bond donors (Lipinski definition) is 2. The molecule has 2 heterocycles. The van der Waals surface area contributed by atoms with Crippen LogP contribution in [0.4, 0.5) is 0 Å². The van der Waals surface area contributed by atoms with E-state index in [2.05, 4.69) is 19.9 Å². The molecule has 3 aromatic rings. The van der Waals surface area contributed by atoms with Crippen LogP contribution in [-0.2, 0) is 22.6 Å². The highest BCUT2D eigenvalue weighted by atomic mass is 32.2. The van der Waals surface area contributed by atoms with Crippen LogP contribution in [0.2, 0.25) is 0 Å². The average Bonchev–Trinajstić information content (AvgIpc) is 3.32. The Bertz CT molecular complexity index is 1070. The summed E-state index contributed by atoms with van der Waals surface area (Å²) in [6, 6.07) is 16.4. The van der Waals surface area contributed by atoms with Crippen LogP contribution in [0, 0.1) is 0 Å². The van der Waals surface area contributed by atoms with Crippen molar-refractivity contribution in [3.05, 3.63) is 66.0 Å². The third-order valence-electron chi connectivity index (χ3n) is 5.33. The second-order valence-electron chi connectivity index (χ2n) is 7.50. The van der Waals surface area contributed by atoms with Crippen LogP contribution < -0.4 is 9.46 Å². The summed E-state index contributed by atoms with van der Waals surface area (Å²) in [4.78, 5) is 19.3. The Morgan fingerprint density at radius 2 is 2.06 bits per heavy atom. The van der Waals surface area contributed by atoms with Crippen molar-refractivity contribution in [1.82, 2.24) is 24.8 Å². The zero-order chi connectivity index (χ0) is 22.3. The van der Waals surface area contributed by atoms with E-state index in [1.165, 1.54) is 0 Å². The molecular formula is C22H24N5O4S-. The lowest BCUT2D eigenvalue weighted by Gasteiger charge is -2.34. The fraction of sp³-hybridized carbons (Fsp3) is 0.318. The van der Waals surface area contributed by atoms with Gasteiger partial charge >= 0.3 is 0 Å². The molecular weight excluding hydrogens is 430 g/mol. The molecule has 1 aromatic heterocycles. The van der Waals surface area contributed by atoms with Crippen molar-refractivity contribution in [2.45, 2.75) is 31.8 Å². The maximum atomic E-state index is 12.9. The smallest absolute Gasteiger partial charge is 0.261 e. The summed E-state index contributed by atoms with van der Waals surface area (Å²) in [5.41, 5.74) is 1.56. The number of hydrogen-bond acceptors (Lipinski definition) is 6. The predicted molar refractivity (Wildman–Crippen MR) is 118 cm³/mol. The summed E-state index contributed by atoms with van der Waals surface area (Å²) in [6.07, 6.45) is 2.73. The van der Waals surface area contributed by atoms with Gasteiger partial charge < -0.3 is 14.2 Å². The molecule has 2 aromatic carbocycles. The van der Waals surface area contributed by atoms with Gasteiger partial charge in [-0.3, -0.25) is 14.1 Å². The van der Waals surface area contributed by atoms with E-state index in [-0.39, 0.29) is 25.1 Å². The molecule has 9 nitrogen and oxygen atoms in total. The van der Waals surface area contributed by atoms with Gasteiger partial charge in [-0.15, -0.1) is 0 Å². The first-order chi connectivity index (χ1) is 15.6. The number of aromatic nitrogens is 3. The van der Waals surface area contributed by atoms with Gasteiger partial charge in [0.15, 0.2) is 12.4 Å². The monoisotopic (exact) mass is 454 g/mol. The van der Waals surface area contributed by atoms with Crippen molar-refractivity contribution in [2.75, 3.05) is 13.2 Å². The van der Waals surface area contributed by atoms with Gasteiger partial charge in [0.25, 0.3) is 5.91 Å². The molecule has 168 valence electrons. The van der Waals surface area contributed by atoms with Gasteiger partial charge in [-0.1, -0.05) is 36.4 Å². The van der Waals surface area contributed by atoms with E-state index >= 15 is 0 Å². The maximum Gasteiger partial charge on any atom is 0.261 e. The standard InChI is InChI=1S/C22H25N5O4S/c28-20(15-31-18-9-2-1-3-10-18)27-12-5-4-11-19(27)22-24-21(25-26-22)17-8-6-7-16(13-17)14-23-32(29)30/h1-3,6-10,13,19,23H,4-5,11-12,14-15H2,(H,29,30)(H,24,25,26)/p-1. The minimum atomic E-state index is -2.32. The van der Waals surface area contributed by atoms with Crippen molar-refractivity contribution >= 4 is 17.2 Å². The number of H-pyrrole nitrogens is 1. The Balaban J connectivity index is 1.46. The fourth-order valence-corrected chi connectivity index (χ4v) is 4.06. The van der Waals surface area contributed by atoms with Gasteiger partial charge in [-0.25, -0.2) is 9.71 Å². The van der Waals surface area contributed by atoms with Gasteiger partial charge in [-0.2, -0.15) is 5.10 Å². The highest BCUT2D eigenvalue weighted by molar-refractivity contribution is 7.77. The van der Waals surface area contributed by atoms with Crippen molar-refractivity contribution in [1.29, 1.82) is 0 Å². The molecule has 0 radical (unpaired) electrons. The Morgan fingerprint density at radius 3 is 2.88 bits per heavy atom. The van der Waals surface area contributed by atoms with Crippen LogP contribution in [0.3, 0.4) is 0 Å². The molecule has 1 fully saturated rings. The summed E-state index contributed by atoms with van der Waals surface area (Å²) >= 11 is -2.32. The number of nitrogens with zero attached hydrogens (tertiary/aromatic N) is 3. The lowest BCUT2D eigenvalue weighted by molar-refractivity contribution is -0.137. The van der Waals surface area contributed by atoms with Gasteiger partial charge in [0.05, 0.1) is 6.04 Å². The summed E-state index contributed by atoms with van der Waals surface area (Å²) in [6.45, 7) is 0.802. The molecule has 2 N–H and O–H groups in total. The molecule has 0 aliphatic carbocycles. The van der Waals surface area contributed by atoms with Gasteiger partial charge in [0.2, 0.25) is 0 Å². The molecule has 0 saturated carbocycles. The molecule has 1 aliphatic heterocycles. The van der Waals surface area contributed by atoms with Crippen molar-refractivity contribution in [3.8, 4) is 17.1 Å². The summed E-state index contributed by atoms with van der Waals surface area (Å²) < 4.78 is 29.5. The van der Waals surface area contributed by atoms with Crippen LogP contribution in [0.25, 0.3) is 11.4 Å². The lowest BCUT2D eigenvalue weighted by Crippen LogP contribution is -2.41. The first-order valence-electron chi connectivity index (χ1n) is 10.4. The minimum Gasteiger partial charge on any atom is -0.760 e. The number of rotatable bonds is 8. The van der Waals surface area contributed by atoms with Crippen LogP contribution in [0.5, 0.6) is 5.75 Å². The second-order valence-corrected chi connectivity index (χ2v) is 8.26. The second kappa shape index (κ2) is 10.5. The van der Waals surface area contributed by atoms with E-state index in [0.717, 1.165) is 30.4 Å². The summed E-state index contributed by atoms with van der Waals surface area (Å²) in [5, 5.41) is 7.33. The zero-order valence-corrected chi connectivity index (χ0v) is 18.2. The van der Waals surface area contributed by atoms with E-state index in [1.807, 2.05) is 54.6 Å². The number of carbonyl (C=O) groups excluding carboxylic acids is 1. The number of aromatic amines is 1. The van der Waals surface area contributed by atoms with Crippen LogP contribution in [0.15, 0.2) is 54.6 Å². The Kier molecular flexibility index (Phi) is 7.25. The SMILES string of the molecule is O=C(COc1ccccc1)N1CCCCC1c1nc(-c2cccc(CNS(=O)[O-])c2)n[nH]1. The molecule has 1 aliphatic rings. The number of likely N-dealkylation sites (tertiary alicyclic amines) is 1. The number of amides is 1. The van der Waals surface area contributed by atoms with E-state index in [4.69, 9.17) is 4.74 Å². The third-order valence-corrected chi connectivity index (χ3v) is 5.71. The predicted octanol–water partition coefficient (Wildman–Crippen LogP) is 2.49. The van der Waals surface area contributed by atoms with Crippen molar-refractivity contribution in [2.24, 2.45) is 0 Å². The minimum absolute atomic E-state index is 0.0301. The third kappa shape index (κ3) is 5.58. The number of benzene rings is 2. The molecule has 1 amide bonds. The van der Waals surface area contributed by atoms with Gasteiger partial charge in [-0.05, 0) is 43.0 Å². The molecule has 32 heavy (non-hydrogen) atoms. The summed E-state index contributed by atoms with van der Waals surface area (Å²) in [5.74, 6) is 1.71. The first kappa shape index (κ1) is 22.1. The van der Waals surface area contributed by atoms with Crippen LogP contribution in [-0.4, -0.2) is 47.9 Å². The van der Waals surface area contributed by atoms with E-state index in [9.17, 15) is 13.6 Å². The Hall–Kier alpha value is -3.08. The normalized spacial score (nSPS) is 17.2. The number of carbonyl (C=O) groups is 1. The Labute approximate surface area is 188 Å². The highest BCUT2D eigenvalue weighted by Gasteiger charge is 2.30. The molecule has 4 rings (SSSR count). The van der Waals surface area contributed by atoms with E-state index in [1.54, 1.807) is 4.90 Å². The number of ether oxygens (including phenoxy) is 1. The van der Waals surface area contributed by atoms with Gasteiger partial charge in [0.1, 0.15) is 11.6 Å². The molecule has 0 spiro atoms. The molecule has 10 heteroatoms. The maximum absolute atomic E-state index is 12.9. The Morgan fingerprint density at radius 1 is 1.22 bits per heavy atom. The van der Waals surface area contributed by atoms with Crippen molar-refractivity contribution in [3.63, 3.8) is 0 Å². The van der Waals surface area contributed by atoms with Crippen LogP contribution in [0.1, 0.15) is 36.7 Å². The molecule has 0 bridgehead atoms. The van der Waals surface area contributed by atoms with E-state index < -0.39 is 11.3 Å². The van der Waals surface area contributed by atoms with Crippen LogP contribution >= 0.6 is 0 Å². The quantitative estimate of drug-likeness (QED) is 0.504. The average molecular weight is 455 g/mol. The largest absolute Gasteiger partial charge is 0.760 e. The number of para-hydroxylation sites is 1. The lowest BCUT2D eigenvalue weighted by atomic mass is 10.0. The van der Waals surface area contributed by atoms with E-state index in [0.29, 0.717) is 23.9 Å². The molecule has 2 atom stereocenters. The number of nitrogens with one attached hydrogen (secondary N) is 2. The topological polar surface area (TPSA) is 123 Å². The van der Waals surface area contributed by atoms with Crippen molar-refractivity contribution < 1.29 is 18.3 Å². The highest BCUT2D eigenvalue weighted by Crippen LogP contribution is 2.30.